The van der Waals surface area contributed by atoms with Gasteiger partial charge in [0.15, 0.2) is 0 Å². The van der Waals surface area contributed by atoms with Crippen molar-refractivity contribution < 1.29 is 14.6 Å². The van der Waals surface area contributed by atoms with Crippen LogP contribution in [0.5, 0.6) is 0 Å². The molecule has 1 aliphatic heterocycles. The number of ether oxygens (including phenoxy) is 1. The normalized spacial score (nSPS) is 21.1. The molecule has 1 aromatic heterocycles. The van der Waals surface area contributed by atoms with E-state index in [0.29, 0.717) is 12.4 Å². The van der Waals surface area contributed by atoms with Crippen LogP contribution >= 0.6 is 0 Å². The number of esters is 1. The van der Waals surface area contributed by atoms with Crippen molar-refractivity contribution in [2.24, 2.45) is 5.41 Å². The number of aromatic nitrogens is 2. The maximum atomic E-state index is 11.7. The first kappa shape index (κ1) is 15.7. The molecule has 2 rings (SSSR count). The number of carbonyl (C=O) groups is 1. The van der Waals surface area contributed by atoms with Crippen molar-refractivity contribution in [2.75, 3.05) is 24.7 Å². The van der Waals surface area contributed by atoms with E-state index in [1.165, 1.54) is 0 Å². The fourth-order valence-electron chi connectivity index (χ4n) is 2.64. The Bertz CT molecular complexity index is 505. The zero-order chi connectivity index (χ0) is 15.5. The number of hydrogen-bond acceptors (Lipinski definition) is 6. The highest BCUT2D eigenvalue weighted by molar-refractivity contribution is 5.85. The lowest BCUT2D eigenvalue weighted by atomic mass is 9.81. The average Bonchev–Trinajstić information content (AvgIpc) is 2.47. The van der Waals surface area contributed by atoms with E-state index >= 15 is 0 Å². The number of anilines is 1. The smallest absolute Gasteiger partial charge is 0.376 e. The Morgan fingerprint density at radius 2 is 2.33 bits per heavy atom. The van der Waals surface area contributed by atoms with Gasteiger partial charge in [0.25, 0.3) is 0 Å². The monoisotopic (exact) mass is 293 g/mol. The largest absolute Gasteiger partial charge is 0.460 e. The summed E-state index contributed by atoms with van der Waals surface area (Å²) in [5.41, 5.74) is 0.153. The third-order valence-corrected chi connectivity index (χ3v) is 3.80. The van der Waals surface area contributed by atoms with Gasteiger partial charge >= 0.3 is 5.97 Å². The maximum absolute atomic E-state index is 11.7. The van der Waals surface area contributed by atoms with Crippen molar-refractivity contribution in [2.45, 2.75) is 39.7 Å². The van der Waals surface area contributed by atoms with Gasteiger partial charge < -0.3 is 14.7 Å². The van der Waals surface area contributed by atoms with Crippen LogP contribution in [0.25, 0.3) is 0 Å². The summed E-state index contributed by atoms with van der Waals surface area (Å²) < 4.78 is 4.93. The van der Waals surface area contributed by atoms with Crippen molar-refractivity contribution in [1.29, 1.82) is 0 Å². The molecular weight excluding hydrogens is 270 g/mol. The molecule has 0 saturated carbocycles. The number of rotatable bonds is 4. The third kappa shape index (κ3) is 3.69. The van der Waals surface area contributed by atoms with Crippen LogP contribution in [0.1, 0.15) is 44.2 Å². The highest BCUT2D eigenvalue weighted by atomic mass is 16.5. The van der Waals surface area contributed by atoms with Gasteiger partial charge in [-0.1, -0.05) is 13.8 Å². The molecule has 0 radical (unpaired) electrons. The molecule has 1 aromatic rings. The van der Waals surface area contributed by atoms with E-state index in [0.717, 1.165) is 19.4 Å². The average molecular weight is 293 g/mol. The summed E-state index contributed by atoms with van der Waals surface area (Å²) in [5.74, 6) is 0.213. The molecule has 1 atom stereocenters. The Hall–Kier alpha value is -1.69. The topological polar surface area (TPSA) is 75.5 Å². The van der Waals surface area contributed by atoms with Gasteiger partial charge in [0, 0.05) is 12.7 Å². The van der Waals surface area contributed by atoms with Crippen LogP contribution in [0.15, 0.2) is 12.3 Å². The van der Waals surface area contributed by atoms with E-state index in [9.17, 15) is 9.90 Å². The van der Waals surface area contributed by atoms with E-state index in [-0.39, 0.29) is 23.9 Å². The Labute approximate surface area is 125 Å². The van der Waals surface area contributed by atoms with Crippen LogP contribution in [0.4, 0.5) is 5.82 Å². The van der Waals surface area contributed by atoms with Crippen molar-refractivity contribution >= 4 is 11.8 Å². The van der Waals surface area contributed by atoms with Gasteiger partial charge in [-0.05, 0) is 31.2 Å². The summed E-state index contributed by atoms with van der Waals surface area (Å²) in [6, 6.07) is 1.80. The minimum Gasteiger partial charge on any atom is -0.460 e. The first-order valence-corrected chi connectivity index (χ1v) is 7.34. The lowest BCUT2D eigenvalue weighted by Gasteiger charge is -2.43. The molecule has 0 amide bonds. The van der Waals surface area contributed by atoms with Crippen LogP contribution in [0.3, 0.4) is 0 Å². The van der Waals surface area contributed by atoms with Crippen LogP contribution in [-0.2, 0) is 4.74 Å². The van der Waals surface area contributed by atoms with Crippen LogP contribution in [-0.4, -0.2) is 46.8 Å². The molecule has 0 spiro atoms. The Balaban J connectivity index is 2.26. The molecule has 0 bridgehead atoms. The molecule has 1 fully saturated rings. The highest BCUT2D eigenvalue weighted by Crippen LogP contribution is 2.34. The molecule has 1 aliphatic rings. The van der Waals surface area contributed by atoms with E-state index < -0.39 is 5.97 Å². The molecule has 2 heterocycles. The lowest BCUT2D eigenvalue weighted by molar-refractivity contribution is 0.0512. The summed E-state index contributed by atoms with van der Waals surface area (Å²) in [5, 5.41) is 9.58. The summed E-state index contributed by atoms with van der Waals surface area (Å²) in [6.07, 6.45) is 3.53. The van der Waals surface area contributed by atoms with Gasteiger partial charge in [-0.2, -0.15) is 0 Å². The first-order chi connectivity index (χ1) is 9.96. The van der Waals surface area contributed by atoms with Crippen molar-refractivity contribution in [3.63, 3.8) is 0 Å². The van der Waals surface area contributed by atoms with Crippen LogP contribution < -0.4 is 4.90 Å². The van der Waals surface area contributed by atoms with Gasteiger partial charge in [-0.25, -0.2) is 14.8 Å². The molecule has 21 heavy (non-hydrogen) atoms. The highest BCUT2D eigenvalue weighted by Gasteiger charge is 2.33. The minimum atomic E-state index is -0.517. The fraction of sp³-hybridized carbons (Fsp3) is 0.667. The molecule has 1 N–H and O–H groups in total. The number of piperidine rings is 1. The summed E-state index contributed by atoms with van der Waals surface area (Å²) in [4.78, 5) is 22.1. The zero-order valence-electron chi connectivity index (χ0n) is 12.9. The molecule has 0 aliphatic carbocycles. The van der Waals surface area contributed by atoms with Gasteiger partial charge in [0.1, 0.15) is 5.82 Å². The molecule has 1 saturated heterocycles. The van der Waals surface area contributed by atoms with Crippen molar-refractivity contribution in [3.05, 3.63) is 18.1 Å². The Morgan fingerprint density at radius 1 is 1.57 bits per heavy atom. The number of aliphatic hydroxyl groups excluding tert-OH is 1. The zero-order valence-corrected chi connectivity index (χ0v) is 12.9. The summed E-state index contributed by atoms with van der Waals surface area (Å²) in [7, 11) is 0. The lowest BCUT2D eigenvalue weighted by Crippen LogP contribution is -2.49. The van der Waals surface area contributed by atoms with E-state index in [1.807, 2.05) is 0 Å². The molecule has 0 aromatic carbocycles. The first-order valence-electron chi connectivity index (χ1n) is 7.34. The second kappa shape index (κ2) is 6.39. The second-order valence-corrected chi connectivity index (χ2v) is 6.13. The van der Waals surface area contributed by atoms with E-state index in [1.54, 1.807) is 19.2 Å². The van der Waals surface area contributed by atoms with Crippen molar-refractivity contribution in [3.8, 4) is 0 Å². The number of hydrogen-bond donors (Lipinski definition) is 1. The Kier molecular flexibility index (Phi) is 4.77. The molecule has 6 heteroatoms. The van der Waals surface area contributed by atoms with E-state index in [4.69, 9.17) is 4.74 Å². The summed E-state index contributed by atoms with van der Waals surface area (Å²) >= 11 is 0. The van der Waals surface area contributed by atoms with Gasteiger partial charge in [-0.3, -0.25) is 0 Å². The standard InChI is InChI=1S/C15H23N3O3/c1-4-21-14(20)13-16-8-6-12(17-13)18-10-15(2,3)7-5-11(18)9-19/h6,8,11,19H,4-5,7,9-10H2,1-3H3/t11-/m0/s1. The quantitative estimate of drug-likeness (QED) is 0.851. The van der Waals surface area contributed by atoms with Crippen LogP contribution in [0, 0.1) is 5.41 Å². The molecule has 6 nitrogen and oxygen atoms in total. The summed E-state index contributed by atoms with van der Waals surface area (Å²) in [6.45, 7) is 7.30. The minimum absolute atomic E-state index is 0.0305. The SMILES string of the molecule is CCOC(=O)c1nccc(N2CC(C)(C)CC[C@H]2CO)n1. The van der Waals surface area contributed by atoms with Gasteiger partial charge in [0.05, 0.1) is 19.3 Å². The van der Waals surface area contributed by atoms with Crippen LogP contribution in [0.2, 0.25) is 0 Å². The van der Waals surface area contributed by atoms with Gasteiger partial charge in [0.2, 0.25) is 5.82 Å². The van der Waals surface area contributed by atoms with Gasteiger partial charge in [-0.15, -0.1) is 0 Å². The van der Waals surface area contributed by atoms with E-state index in [2.05, 4.69) is 28.7 Å². The predicted octanol–water partition coefficient (Wildman–Crippen LogP) is 1.64. The predicted molar refractivity (Wildman–Crippen MR) is 79.2 cm³/mol. The molecule has 116 valence electrons. The number of nitrogens with zero attached hydrogens (tertiary/aromatic N) is 3. The second-order valence-electron chi connectivity index (χ2n) is 6.13. The molecule has 0 unspecified atom stereocenters. The number of aliphatic hydroxyl groups is 1. The Morgan fingerprint density at radius 3 is 3.00 bits per heavy atom. The fourth-order valence-corrected chi connectivity index (χ4v) is 2.64. The maximum Gasteiger partial charge on any atom is 0.376 e. The number of carbonyl (C=O) groups excluding carboxylic acids is 1. The third-order valence-electron chi connectivity index (χ3n) is 3.80. The molecular formula is C15H23N3O3. The van der Waals surface area contributed by atoms with Crippen molar-refractivity contribution in [1.82, 2.24) is 9.97 Å².